The molecule has 4 aliphatic heterocycles. The number of nitrogens with zero attached hydrogens (tertiary/aromatic N) is 6. The van der Waals surface area contributed by atoms with Crippen molar-refractivity contribution in [3.05, 3.63) is 83.6 Å². The van der Waals surface area contributed by atoms with Crippen LogP contribution in [0, 0.1) is 29.5 Å². The molecule has 1 aromatic rings. The van der Waals surface area contributed by atoms with Crippen LogP contribution in [-0.2, 0) is 22.1 Å². The van der Waals surface area contributed by atoms with E-state index in [4.69, 9.17) is 9.73 Å². The molecule has 6 N–H and O–H groups in total. The molecule has 1 spiro atoms. The van der Waals surface area contributed by atoms with Gasteiger partial charge < -0.3 is 56.2 Å². The van der Waals surface area contributed by atoms with Crippen LogP contribution in [0.2, 0.25) is 0 Å². The van der Waals surface area contributed by atoms with Crippen LogP contribution in [0.1, 0.15) is 190 Å². The number of amides is 1. The maximum Gasteiger partial charge on any atom is 0.419 e. The Morgan fingerprint density at radius 2 is 1.58 bits per heavy atom. The summed E-state index contributed by atoms with van der Waals surface area (Å²) in [5.41, 5.74) is 2.13. The lowest BCUT2D eigenvalue weighted by atomic mass is 9.74. The highest BCUT2D eigenvalue weighted by Gasteiger charge is 2.56. The summed E-state index contributed by atoms with van der Waals surface area (Å²) in [7, 11) is 4.06. The van der Waals surface area contributed by atoms with Gasteiger partial charge in [-0.1, -0.05) is 72.8 Å². The summed E-state index contributed by atoms with van der Waals surface area (Å²) >= 11 is 0. The van der Waals surface area contributed by atoms with E-state index < -0.39 is 17.6 Å². The van der Waals surface area contributed by atoms with Gasteiger partial charge >= 0.3 is 6.18 Å². The van der Waals surface area contributed by atoms with E-state index in [9.17, 15) is 22.4 Å². The van der Waals surface area contributed by atoms with Crippen LogP contribution in [0.3, 0.4) is 0 Å². The Hall–Kier alpha value is -4.04. The average Bonchev–Trinajstić information content (AvgIpc) is 1.02. The quantitative estimate of drug-likeness (QED) is 0.0832. The van der Waals surface area contributed by atoms with Crippen LogP contribution in [0.4, 0.5) is 17.6 Å². The molecule has 7 rings (SSSR count). The number of likely N-dealkylation sites (tertiary alicyclic amines) is 1. The number of carbonyl (C=O) groups excluding carboxylic acids is 1. The van der Waals surface area contributed by atoms with Crippen LogP contribution in [0.5, 0.6) is 0 Å². The zero-order valence-electron chi connectivity index (χ0n) is 57.0. The number of nitrogens with one attached hydrogen (secondary N) is 6. The van der Waals surface area contributed by atoms with Gasteiger partial charge in [0.05, 0.1) is 23.8 Å². The molecule has 6 aliphatic rings. The first-order valence-electron chi connectivity index (χ1n) is 35.1. The molecule has 3 saturated heterocycles. The molecule has 1 amide bonds. The number of rotatable bonds is 13. The number of ether oxygens (including phenoxy) is 1. The third-order valence-electron chi connectivity index (χ3n) is 21.0. The molecule has 18 heteroatoms. The van der Waals surface area contributed by atoms with Crippen LogP contribution in [-0.4, -0.2) is 176 Å². The van der Waals surface area contributed by atoms with E-state index in [-0.39, 0.29) is 59.8 Å². The third-order valence-corrected chi connectivity index (χ3v) is 21.0. The first-order chi connectivity index (χ1) is 42.6. The van der Waals surface area contributed by atoms with Crippen LogP contribution in [0.25, 0.3) is 0 Å². The van der Waals surface area contributed by atoms with Crippen LogP contribution >= 0.6 is 0 Å². The summed E-state index contributed by atoms with van der Waals surface area (Å²) in [5, 5.41) is 24.2. The molecule has 0 bridgehead atoms. The maximum absolute atomic E-state index is 14.9. The molecule has 14 nitrogen and oxygen atoms in total. The minimum absolute atomic E-state index is 0.0443. The Labute approximate surface area is 535 Å². The number of piperidine rings is 1. The van der Waals surface area contributed by atoms with Gasteiger partial charge in [-0.15, -0.1) is 0 Å². The van der Waals surface area contributed by atoms with E-state index in [1.54, 1.807) is 6.20 Å². The second kappa shape index (κ2) is 35.3. The van der Waals surface area contributed by atoms with Gasteiger partial charge in [0.25, 0.3) is 0 Å². The number of carbonyl (C=O) groups is 1. The van der Waals surface area contributed by atoms with Gasteiger partial charge in [0, 0.05) is 169 Å². The summed E-state index contributed by atoms with van der Waals surface area (Å²) in [6.45, 7) is 31.1. The van der Waals surface area contributed by atoms with Gasteiger partial charge in [-0.25, -0.2) is 4.39 Å². The molecule has 11 atom stereocenters. The Bertz CT molecular complexity index is 2450. The number of aliphatic imine (C=N–C) groups is 1. The number of aryl methyl sites for hydroxylation is 1. The summed E-state index contributed by atoms with van der Waals surface area (Å²) in [6, 6.07) is 5.10. The second-order valence-electron chi connectivity index (χ2n) is 28.2. The van der Waals surface area contributed by atoms with Crippen molar-refractivity contribution in [2.75, 3.05) is 79.7 Å². The Balaban J connectivity index is 1.19. The van der Waals surface area contributed by atoms with Gasteiger partial charge in [-0.05, 0) is 166 Å². The minimum Gasteiger partial charge on any atom is -0.390 e. The Morgan fingerprint density at radius 1 is 0.843 bits per heavy atom. The van der Waals surface area contributed by atoms with Crippen molar-refractivity contribution in [1.29, 1.82) is 0 Å². The van der Waals surface area contributed by atoms with Crippen molar-refractivity contribution in [2.45, 2.75) is 251 Å². The number of benzene rings is 1. The smallest absolute Gasteiger partial charge is 0.390 e. The van der Waals surface area contributed by atoms with Gasteiger partial charge in [0.1, 0.15) is 5.82 Å². The number of halogens is 4. The highest BCUT2D eigenvalue weighted by Crippen LogP contribution is 2.44. The van der Waals surface area contributed by atoms with Crippen molar-refractivity contribution < 1.29 is 27.1 Å². The number of likely N-dealkylation sites (N-methyl/N-ethyl adjacent to an activating group) is 1. The van der Waals surface area contributed by atoms with Crippen molar-refractivity contribution in [3.8, 4) is 0 Å². The first-order valence-corrected chi connectivity index (χ1v) is 35.1. The topological polar surface area (TPSA) is 127 Å². The van der Waals surface area contributed by atoms with E-state index in [1.807, 2.05) is 30.4 Å². The van der Waals surface area contributed by atoms with E-state index in [0.29, 0.717) is 73.6 Å². The molecular formula is C71H120F4N12O2. The van der Waals surface area contributed by atoms with Gasteiger partial charge in [-0.2, -0.15) is 13.2 Å². The normalized spacial score (nSPS) is 29.9. The van der Waals surface area contributed by atoms with E-state index in [0.717, 1.165) is 121 Å². The van der Waals surface area contributed by atoms with Crippen LogP contribution in [0.15, 0.2) is 71.7 Å². The molecule has 504 valence electrons. The fraction of sp³-hybridized carbons (Fsp3) is 0.775. The van der Waals surface area contributed by atoms with E-state index in [2.05, 4.69) is 140 Å². The van der Waals surface area contributed by atoms with Crippen molar-refractivity contribution in [1.82, 2.24) is 56.4 Å². The Kier molecular flexibility index (Phi) is 28.7. The monoisotopic (exact) mass is 1250 g/mol. The fourth-order valence-corrected chi connectivity index (χ4v) is 15.5. The second-order valence-corrected chi connectivity index (χ2v) is 28.2. The molecule has 89 heavy (non-hydrogen) atoms. The molecule has 1 aromatic carbocycles. The zero-order chi connectivity index (χ0) is 64.3. The lowest BCUT2D eigenvalue weighted by Crippen LogP contribution is -2.76. The number of fused-ring (bicyclic) bond motifs is 2. The molecule has 5 fully saturated rings. The SMILES string of the molecule is CCCOCC1=CN(C)C=CN=C(CCc2ccc(C(F)(F)F)c(F)c2)C=CNCCNCC2(CCCC2)NC(C)[C@H](C2CCCC2)N2C(C)[C@H](C(=O)N3CCCCC3)C2CNC(C)[C@H](CC(C)C)NC[C@H]([C@@H](C)CC)NC(C)[C@H](C)N2CCCC2=CN1C. The highest BCUT2D eigenvalue weighted by atomic mass is 19.4. The molecule has 5 unspecified atom stereocenters. The largest absolute Gasteiger partial charge is 0.419 e. The molecule has 2 saturated carbocycles. The van der Waals surface area contributed by atoms with Gasteiger partial charge in [0.2, 0.25) is 5.91 Å². The number of allylic oxidation sites excluding steroid dienone is 2. The predicted octanol–water partition coefficient (Wildman–Crippen LogP) is 11.8. The lowest BCUT2D eigenvalue weighted by Gasteiger charge is -2.60. The molecule has 0 radical (unpaired) electrons. The maximum atomic E-state index is 14.9. The van der Waals surface area contributed by atoms with Gasteiger partial charge in [-0.3, -0.25) is 14.7 Å². The van der Waals surface area contributed by atoms with Crippen molar-refractivity contribution in [2.24, 2.45) is 28.7 Å². The molecular weight excluding hydrogens is 1130 g/mol. The van der Waals surface area contributed by atoms with Crippen molar-refractivity contribution in [3.63, 3.8) is 0 Å². The summed E-state index contributed by atoms with van der Waals surface area (Å²) in [6.07, 6.45) is 25.7. The van der Waals surface area contributed by atoms with Gasteiger partial charge in [0.15, 0.2) is 0 Å². The first kappa shape index (κ1) is 72.4. The number of alkyl halides is 3. The van der Waals surface area contributed by atoms with E-state index >= 15 is 0 Å². The van der Waals surface area contributed by atoms with Crippen molar-refractivity contribution >= 4 is 11.6 Å². The fourth-order valence-electron chi connectivity index (χ4n) is 15.5. The Morgan fingerprint density at radius 3 is 2.27 bits per heavy atom. The standard InChI is InChI=1S/C71H120F4N12O2/c1-13-41-89-48-61-46-83(11)40-36-78-59(28-26-57-27-29-62(63(72)43-57)71(73,74)75)30-33-76-34-35-77-49-70(31-18-19-32-70)82-54(8)68(58-23-16-17-24-58)87-56(10)67(69(88)85-37-20-15-21-38-85)66(87)45-79-53(7)64(42-50(3)4)80-44-65(51(5)14-2)81-52(6)55(9)86-39-22-25-60(86)47-84(61)12/h27,29-30,33,36,40,43,46-47,50-56,58,64-68,76-77,79-82H,13-26,28,31-32,34-35,37-39,41-42,44-45,48-49H2,1-12H3/t51-,52?,53?,54?,55-,56?,64-,65+,66?,67-,68+/m0/s1. The highest BCUT2D eigenvalue weighted by molar-refractivity contribution is 5.95. The van der Waals surface area contributed by atoms with Crippen LogP contribution < -0.4 is 31.9 Å². The molecule has 0 aromatic heterocycles. The van der Waals surface area contributed by atoms with E-state index in [1.165, 1.54) is 56.7 Å². The summed E-state index contributed by atoms with van der Waals surface area (Å²) < 4.78 is 61.4. The number of hydrogen-bond acceptors (Lipinski definition) is 13. The summed E-state index contributed by atoms with van der Waals surface area (Å²) in [4.78, 5) is 31.6. The predicted molar refractivity (Wildman–Crippen MR) is 358 cm³/mol. The third kappa shape index (κ3) is 20.7. The average molecular weight is 1250 g/mol. The molecule has 4 heterocycles. The lowest BCUT2D eigenvalue weighted by molar-refractivity contribution is -0.162. The summed E-state index contributed by atoms with van der Waals surface area (Å²) in [5.74, 6) is 0.575. The molecule has 2 aliphatic carbocycles. The number of hydrogen-bond donors (Lipinski definition) is 6. The minimum atomic E-state index is -4.77. The zero-order valence-corrected chi connectivity index (χ0v) is 57.0.